The molecule has 1 amide bonds. The summed E-state index contributed by atoms with van der Waals surface area (Å²) < 4.78 is 29.1. The number of hydrogen-bond acceptors (Lipinski definition) is 7. The maximum atomic E-state index is 12.5. The molecule has 42 heavy (non-hydrogen) atoms. The summed E-state index contributed by atoms with van der Waals surface area (Å²) in [6.07, 6.45) is 2.44. The molecule has 1 saturated heterocycles. The highest BCUT2D eigenvalue weighted by Gasteiger charge is 2.31. The molecule has 0 aliphatic carbocycles. The maximum absolute atomic E-state index is 12.5. The number of fused-ring (bicyclic) bond motifs is 1. The molecular formula is C29H37BrN8O3S. The third kappa shape index (κ3) is 6.10. The Labute approximate surface area is 254 Å². The lowest BCUT2D eigenvalue weighted by Crippen LogP contribution is -2.32. The van der Waals surface area contributed by atoms with Crippen LogP contribution in [0.4, 0.5) is 5.69 Å². The van der Waals surface area contributed by atoms with Gasteiger partial charge in [-0.1, -0.05) is 0 Å². The van der Waals surface area contributed by atoms with Gasteiger partial charge in [0.2, 0.25) is 10.0 Å². The van der Waals surface area contributed by atoms with E-state index < -0.39 is 10.0 Å². The number of halogens is 1. The van der Waals surface area contributed by atoms with Crippen LogP contribution in [0.3, 0.4) is 0 Å². The Morgan fingerprint density at radius 1 is 1.21 bits per heavy atom. The van der Waals surface area contributed by atoms with Crippen molar-refractivity contribution >= 4 is 48.7 Å². The van der Waals surface area contributed by atoms with Crippen molar-refractivity contribution in [1.82, 2.24) is 34.0 Å². The molecule has 1 aromatic carbocycles. The van der Waals surface area contributed by atoms with Gasteiger partial charge >= 0.3 is 0 Å². The Morgan fingerprint density at radius 3 is 2.64 bits per heavy atom. The molecule has 1 unspecified atom stereocenters. The van der Waals surface area contributed by atoms with Gasteiger partial charge in [0.15, 0.2) is 5.65 Å². The molecule has 4 aromatic rings. The van der Waals surface area contributed by atoms with E-state index in [1.807, 2.05) is 57.1 Å². The van der Waals surface area contributed by atoms with Gasteiger partial charge in [0, 0.05) is 66.6 Å². The fourth-order valence-corrected chi connectivity index (χ4v) is 6.90. The number of sulfonamides is 1. The van der Waals surface area contributed by atoms with Crippen molar-refractivity contribution < 1.29 is 13.2 Å². The average molecular weight is 658 g/mol. The van der Waals surface area contributed by atoms with Crippen LogP contribution in [0.2, 0.25) is 0 Å². The Balaban J connectivity index is 1.39. The summed E-state index contributed by atoms with van der Waals surface area (Å²) in [5, 5.41) is 6.47. The number of aromatic amines is 1. The second-order valence-electron chi connectivity index (χ2n) is 10.9. The van der Waals surface area contributed by atoms with E-state index >= 15 is 0 Å². The van der Waals surface area contributed by atoms with Crippen LogP contribution in [-0.4, -0.2) is 95.1 Å². The number of likely N-dealkylation sites (N-methyl/N-ethyl adjacent to an activating group) is 1. The fraction of sp³-hybridized carbons (Fsp3) is 0.414. The molecule has 0 radical (unpaired) electrons. The summed E-state index contributed by atoms with van der Waals surface area (Å²) in [6.45, 7) is 8.04. The second kappa shape index (κ2) is 12.2. The Morgan fingerprint density at radius 2 is 1.95 bits per heavy atom. The molecule has 4 heterocycles. The topological polar surface area (TPSA) is 128 Å². The minimum atomic E-state index is -3.23. The number of imidazole rings is 1. The zero-order valence-electron chi connectivity index (χ0n) is 24.5. The smallest absolute Gasteiger partial charge is 0.251 e. The van der Waals surface area contributed by atoms with Gasteiger partial charge in [-0.15, -0.1) is 0 Å². The lowest BCUT2D eigenvalue weighted by Gasteiger charge is -2.17. The lowest BCUT2D eigenvalue weighted by molar-refractivity contribution is 0.0951. The number of hydrogen-bond donors (Lipinski definition) is 3. The molecule has 1 aliphatic rings. The first-order chi connectivity index (χ1) is 20.0. The molecule has 13 heteroatoms. The van der Waals surface area contributed by atoms with Crippen molar-refractivity contribution in [2.24, 2.45) is 0 Å². The van der Waals surface area contributed by atoms with Crippen LogP contribution in [0.1, 0.15) is 35.1 Å². The summed E-state index contributed by atoms with van der Waals surface area (Å²) in [6, 6.07) is 9.64. The molecule has 0 saturated carbocycles. The van der Waals surface area contributed by atoms with Gasteiger partial charge in [0.05, 0.1) is 15.9 Å². The summed E-state index contributed by atoms with van der Waals surface area (Å²) in [5.41, 5.74) is 6.66. The van der Waals surface area contributed by atoms with Crippen molar-refractivity contribution in [1.29, 1.82) is 0 Å². The average Bonchev–Trinajstić information content (AvgIpc) is 3.68. The zero-order valence-corrected chi connectivity index (χ0v) is 26.9. The van der Waals surface area contributed by atoms with E-state index in [0.29, 0.717) is 48.6 Å². The number of H-pyrrole nitrogens is 1. The summed E-state index contributed by atoms with van der Waals surface area (Å²) in [4.78, 5) is 27.4. The summed E-state index contributed by atoms with van der Waals surface area (Å²) >= 11 is 3.61. The molecule has 3 aromatic heterocycles. The van der Waals surface area contributed by atoms with E-state index in [1.165, 1.54) is 0 Å². The molecule has 0 bridgehead atoms. The van der Waals surface area contributed by atoms with Gasteiger partial charge in [-0.3, -0.25) is 4.79 Å². The number of carbonyl (C=O) groups is 1. The van der Waals surface area contributed by atoms with Crippen LogP contribution in [0, 0.1) is 13.8 Å². The normalized spacial score (nSPS) is 16.0. The molecule has 11 nitrogen and oxygen atoms in total. The number of nitrogens with zero attached hydrogens (tertiary/aromatic N) is 5. The molecule has 0 spiro atoms. The number of aromatic nitrogens is 4. The molecule has 1 fully saturated rings. The van der Waals surface area contributed by atoms with Gasteiger partial charge in [-0.05, 0) is 87.5 Å². The fourth-order valence-electron chi connectivity index (χ4n) is 5.34. The summed E-state index contributed by atoms with van der Waals surface area (Å²) in [7, 11) is 0.720. The van der Waals surface area contributed by atoms with E-state index in [2.05, 4.69) is 47.2 Å². The Hall–Kier alpha value is -3.26. The van der Waals surface area contributed by atoms with Crippen LogP contribution in [-0.2, 0) is 10.0 Å². The van der Waals surface area contributed by atoms with Gasteiger partial charge < -0.3 is 25.1 Å². The minimum absolute atomic E-state index is 0.0310. The third-order valence-electron chi connectivity index (χ3n) is 7.64. The SMILES string of the molecule is CCS(=O)(=O)N1CCC(Nc2c(Br)cnc3[nH]c(-c4cc(C)n(-c5ccc(C(=O)NCCN(C)C)cc5)c4C)nc23)C1. The van der Waals surface area contributed by atoms with Crippen LogP contribution >= 0.6 is 15.9 Å². The van der Waals surface area contributed by atoms with E-state index in [-0.39, 0.29) is 17.7 Å². The predicted octanol–water partition coefficient (Wildman–Crippen LogP) is 3.92. The molecule has 3 N–H and O–H groups in total. The number of pyridine rings is 1. The van der Waals surface area contributed by atoms with Crippen molar-refractivity contribution in [2.45, 2.75) is 33.2 Å². The zero-order chi connectivity index (χ0) is 30.2. The molecule has 1 atom stereocenters. The van der Waals surface area contributed by atoms with E-state index in [9.17, 15) is 13.2 Å². The van der Waals surface area contributed by atoms with Crippen molar-refractivity contribution in [3.63, 3.8) is 0 Å². The monoisotopic (exact) mass is 656 g/mol. The minimum Gasteiger partial charge on any atom is -0.378 e. The Bertz CT molecular complexity index is 1710. The van der Waals surface area contributed by atoms with Crippen LogP contribution in [0.25, 0.3) is 28.2 Å². The molecule has 1 aliphatic heterocycles. The van der Waals surface area contributed by atoms with Gasteiger partial charge in [0.1, 0.15) is 11.3 Å². The first-order valence-corrected chi connectivity index (χ1v) is 16.4. The van der Waals surface area contributed by atoms with Crippen molar-refractivity contribution in [2.75, 3.05) is 51.3 Å². The molecular weight excluding hydrogens is 620 g/mol. The van der Waals surface area contributed by atoms with Crippen molar-refractivity contribution in [3.05, 3.63) is 58.0 Å². The lowest BCUT2D eigenvalue weighted by atomic mass is 10.2. The first-order valence-electron chi connectivity index (χ1n) is 14.0. The van der Waals surface area contributed by atoms with E-state index in [4.69, 9.17) is 4.98 Å². The number of aryl methyl sites for hydroxylation is 1. The van der Waals surface area contributed by atoms with Crippen molar-refractivity contribution in [3.8, 4) is 17.1 Å². The molecule has 224 valence electrons. The maximum Gasteiger partial charge on any atom is 0.251 e. The van der Waals surface area contributed by atoms with Gasteiger partial charge in [-0.25, -0.2) is 18.4 Å². The highest BCUT2D eigenvalue weighted by Crippen LogP contribution is 2.34. The van der Waals surface area contributed by atoms with Gasteiger partial charge in [-0.2, -0.15) is 4.31 Å². The predicted molar refractivity (Wildman–Crippen MR) is 170 cm³/mol. The standard InChI is InChI=1S/C29H37BrN8O3S/c1-6-42(40,41)37-13-11-21(17-37)33-25-24(30)16-32-28-26(25)34-27(35-28)23-15-18(2)38(19(23)3)22-9-7-20(8-10-22)29(39)31-12-14-36(4)5/h7-10,15-16,21H,6,11-14,17H2,1-5H3,(H,31,39)(H2,32,33,34,35). The number of anilines is 1. The molecule has 5 rings (SSSR count). The van der Waals surface area contributed by atoms with E-state index in [1.54, 1.807) is 17.4 Å². The highest BCUT2D eigenvalue weighted by molar-refractivity contribution is 9.10. The number of nitrogens with one attached hydrogen (secondary N) is 3. The van der Waals surface area contributed by atoms with E-state index in [0.717, 1.165) is 39.3 Å². The number of amides is 1. The number of benzene rings is 1. The van der Waals surface area contributed by atoms with Crippen LogP contribution in [0.5, 0.6) is 0 Å². The number of rotatable bonds is 10. The van der Waals surface area contributed by atoms with Crippen LogP contribution in [0.15, 0.2) is 41.0 Å². The first kappa shape index (κ1) is 30.2. The largest absolute Gasteiger partial charge is 0.378 e. The van der Waals surface area contributed by atoms with Crippen LogP contribution < -0.4 is 10.6 Å². The third-order valence-corrected chi connectivity index (χ3v) is 10.1. The Kier molecular flexibility index (Phi) is 8.74. The quantitative estimate of drug-likeness (QED) is 0.236. The summed E-state index contributed by atoms with van der Waals surface area (Å²) in [5.74, 6) is 0.699. The van der Waals surface area contributed by atoms with Gasteiger partial charge in [0.25, 0.3) is 5.91 Å². The highest BCUT2D eigenvalue weighted by atomic mass is 79.9. The second-order valence-corrected chi connectivity index (χ2v) is 14.0. The number of carbonyl (C=O) groups excluding carboxylic acids is 1.